The van der Waals surface area contributed by atoms with Gasteiger partial charge in [0.25, 0.3) is 0 Å². The van der Waals surface area contributed by atoms with Gasteiger partial charge < -0.3 is 18.9 Å². The molecule has 0 amide bonds. The maximum atomic E-state index is 14.5. The van der Waals surface area contributed by atoms with E-state index in [9.17, 15) is 17.6 Å². The van der Waals surface area contributed by atoms with Crippen molar-refractivity contribution in [1.82, 2.24) is 9.13 Å². The van der Waals surface area contributed by atoms with Crippen LogP contribution in [0.4, 0.5) is 51.7 Å². The van der Waals surface area contributed by atoms with Crippen LogP contribution in [0.25, 0.3) is 88.4 Å². The molecule has 0 saturated heterocycles. The summed E-state index contributed by atoms with van der Waals surface area (Å²) in [6, 6.07) is 109. The fourth-order valence-corrected chi connectivity index (χ4v) is 14.5. The molecule has 0 radical (unpaired) electrons. The standard InChI is InChI=1S/C85H54F4N4/c86-61-27-19-55(20-28-61)57-23-35-65(36-24-57)90(69-45-49-83-77(51-69)75-15-7-9-17-81(75)92(83)67-39-31-63(88)32-40-67)71-43-47-73-74-48-44-72(54-80(74)85(79(73)53-71,59-11-3-1-4-12-59)60-13-5-2-6-14-60)91(66-37-25-58(26-38-66)56-21-29-62(87)30-22-56)70-46-50-84-78(52-70)76-16-8-10-18-82(76)93(84)68-41-33-64(89)34-42-68/h1-54H. The second kappa shape index (κ2) is 22.2. The topological polar surface area (TPSA) is 16.3 Å². The van der Waals surface area contributed by atoms with Crippen LogP contribution in [-0.4, -0.2) is 9.13 Å². The van der Waals surface area contributed by atoms with Crippen LogP contribution >= 0.6 is 0 Å². The Morgan fingerprint density at radius 2 is 0.527 bits per heavy atom. The molecule has 442 valence electrons. The number of nitrogens with zero attached hydrogens (tertiary/aromatic N) is 4. The van der Waals surface area contributed by atoms with E-state index in [1.165, 1.54) is 48.5 Å². The Kier molecular flexibility index (Phi) is 13.1. The smallest absolute Gasteiger partial charge is 0.123 e. The van der Waals surface area contributed by atoms with Crippen LogP contribution < -0.4 is 9.80 Å². The van der Waals surface area contributed by atoms with Crippen LogP contribution in [0.2, 0.25) is 0 Å². The molecule has 0 aliphatic heterocycles. The minimum absolute atomic E-state index is 0.288. The van der Waals surface area contributed by atoms with Crippen LogP contribution in [0.5, 0.6) is 0 Å². The average molecular weight is 1210 g/mol. The van der Waals surface area contributed by atoms with Crippen LogP contribution in [0.15, 0.2) is 328 Å². The third-order valence-corrected chi connectivity index (χ3v) is 18.6. The normalized spacial score (nSPS) is 12.4. The first-order valence-corrected chi connectivity index (χ1v) is 31.0. The van der Waals surface area contributed by atoms with Gasteiger partial charge in [-0.3, -0.25) is 0 Å². The third kappa shape index (κ3) is 9.20. The second-order valence-corrected chi connectivity index (χ2v) is 23.8. The minimum atomic E-state index is -0.867. The molecule has 17 rings (SSSR count). The van der Waals surface area contributed by atoms with Crippen molar-refractivity contribution in [3.05, 3.63) is 373 Å². The zero-order valence-electron chi connectivity index (χ0n) is 50.0. The van der Waals surface area contributed by atoms with Gasteiger partial charge in [-0.25, -0.2) is 17.6 Å². The van der Waals surface area contributed by atoms with E-state index >= 15 is 0 Å². The van der Waals surface area contributed by atoms with Gasteiger partial charge in [0.1, 0.15) is 23.3 Å². The highest BCUT2D eigenvalue weighted by Crippen LogP contribution is 2.59. The SMILES string of the molecule is Fc1ccc(-c2ccc(N(c3ccc4c(c3)C(c3ccccc3)(c3ccccc3)c3cc(N(c5ccc(-c6ccc(F)cc6)cc5)c5ccc6c(c5)c5ccccc5n6-c5ccc(F)cc5)ccc3-4)c3ccc4c(c3)c3ccccc3n4-c3ccc(F)cc3)cc2)cc1. The number of para-hydroxylation sites is 2. The summed E-state index contributed by atoms with van der Waals surface area (Å²) < 4.78 is 62.0. The van der Waals surface area contributed by atoms with E-state index in [4.69, 9.17) is 0 Å². The molecule has 0 bridgehead atoms. The zero-order valence-corrected chi connectivity index (χ0v) is 50.0. The van der Waals surface area contributed by atoms with Gasteiger partial charge >= 0.3 is 0 Å². The van der Waals surface area contributed by atoms with Crippen molar-refractivity contribution in [2.24, 2.45) is 0 Å². The van der Waals surface area contributed by atoms with E-state index < -0.39 is 5.41 Å². The number of hydrogen-bond donors (Lipinski definition) is 0. The molecule has 1 aliphatic rings. The van der Waals surface area contributed by atoms with Crippen LogP contribution in [0.1, 0.15) is 22.3 Å². The molecule has 0 N–H and O–H groups in total. The highest BCUT2D eigenvalue weighted by Gasteiger charge is 2.47. The zero-order chi connectivity index (χ0) is 62.3. The number of anilines is 6. The lowest BCUT2D eigenvalue weighted by Crippen LogP contribution is -2.29. The van der Waals surface area contributed by atoms with Gasteiger partial charge in [-0.1, -0.05) is 158 Å². The van der Waals surface area contributed by atoms with E-state index in [0.717, 1.165) is 145 Å². The van der Waals surface area contributed by atoms with Crippen molar-refractivity contribution in [2.75, 3.05) is 9.80 Å². The number of aromatic nitrogens is 2. The van der Waals surface area contributed by atoms with Crippen molar-refractivity contribution in [3.8, 4) is 44.8 Å². The number of halogens is 4. The number of benzene rings is 14. The predicted octanol–water partition coefficient (Wildman–Crippen LogP) is 23.1. The van der Waals surface area contributed by atoms with Gasteiger partial charge in [-0.2, -0.15) is 0 Å². The molecule has 0 unspecified atom stereocenters. The van der Waals surface area contributed by atoms with E-state index in [-0.39, 0.29) is 23.3 Å². The first-order chi connectivity index (χ1) is 45.7. The Morgan fingerprint density at radius 3 is 0.903 bits per heavy atom. The summed E-state index contributed by atoms with van der Waals surface area (Å²) >= 11 is 0. The number of rotatable bonds is 12. The summed E-state index contributed by atoms with van der Waals surface area (Å²) in [5.41, 5.74) is 20.8. The van der Waals surface area contributed by atoms with E-state index in [2.05, 4.69) is 237 Å². The molecule has 0 fully saturated rings. The Labute approximate surface area is 534 Å². The van der Waals surface area contributed by atoms with Gasteiger partial charge in [0.05, 0.1) is 27.5 Å². The van der Waals surface area contributed by atoms with Crippen LogP contribution in [0.3, 0.4) is 0 Å². The monoisotopic (exact) mass is 1210 g/mol. The predicted molar refractivity (Wildman–Crippen MR) is 372 cm³/mol. The minimum Gasteiger partial charge on any atom is -0.310 e. The lowest BCUT2D eigenvalue weighted by molar-refractivity contribution is 0.627. The highest BCUT2D eigenvalue weighted by atomic mass is 19.1. The molecule has 4 nitrogen and oxygen atoms in total. The molecular formula is C85H54F4N4. The number of fused-ring (bicyclic) bond motifs is 9. The Bertz CT molecular complexity index is 5160. The molecule has 0 spiro atoms. The lowest BCUT2D eigenvalue weighted by atomic mass is 9.67. The molecule has 16 aromatic rings. The summed E-state index contributed by atoms with van der Waals surface area (Å²) in [7, 11) is 0. The third-order valence-electron chi connectivity index (χ3n) is 18.6. The van der Waals surface area contributed by atoms with Gasteiger partial charge in [0.15, 0.2) is 0 Å². The van der Waals surface area contributed by atoms with E-state index in [0.29, 0.717) is 0 Å². The first-order valence-electron chi connectivity index (χ1n) is 31.0. The quantitative estimate of drug-likeness (QED) is 0.113. The fourth-order valence-electron chi connectivity index (χ4n) is 14.5. The van der Waals surface area contributed by atoms with E-state index in [1.807, 2.05) is 60.7 Å². The van der Waals surface area contributed by atoms with Crippen molar-refractivity contribution >= 4 is 77.7 Å². The van der Waals surface area contributed by atoms with E-state index in [1.54, 1.807) is 0 Å². The van der Waals surface area contributed by atoms with Gasteiger partial charge in [-0.05, 0) is 225 Å². The summed E-state index contributed by atoms with van der Waals surface area (Å²) in [6.07, 6.45) is 0. The van der Waals surface area contributed by atoms with Gasteiger partial charge in [0, 0.05) is 67.0 Å². The Morgan fingerprint density at radius 1 is 0.237 bits per heavy atom. The molecule has 0 saturated carbocycles. The maximum Gasteiger partial charge on any atom is 0.123 e. The molecule has 14 aromatic carbocycles. The van der Waals surface area contributed by atoms with Crippen molar-refractivity contribution in [3.63, 3.8) is 0 Å². The van der Waals surface area contributed by atoms with Crippen molar-refractivity contribution in [2.45, 2.75) is 5.41 Å². The molecule has 0 atom stereocenters. The second-order valence-electron chi connectivity index (χ2n) is 23.8. The van der Waals surface area contributed by atoms with Crippen molar-refractivity contribution < 1.29 is 17.6 Å². The maximum absolute atomic E-state index is 14.5. The Balaban J connectivity index is 0.878. The lowest BCUT2D eigenvalue weighted by Gasteiger charge is -2.35. The average Bonchev–Trinajstić information content (AvgIpc) is 1.56. The summed E-state index contributed by atoms with van der Waals surface area (Å²) in [4.78, 5) is 4.65. The van der Waals surface area contributed by atoms with Crippen LogP contribution in [-0.2, 0) is 5.41 Å². The van der Waals surface area contributed by atoms with Crippen LogP contribution in [0, 0.1) is 23.3 Å². The molecule has 1 aliphatic carbocycles. The largest absolute Gasteiger partial charge is 0.310 e. The highest BCUT2D eigenvalue weighted by molar-refractivity contribution is 6.12. The summed E-state index contributed by atoms with van der Waals surface area (Å²) in [5.74, 6) is -1.16. The molecule has 2 heterocycles. The molecular weight excluding hydrogens is 1150 g/mol. The van der Waals surface area contributed by atoms with Crippen molar-refractivity contribution in [1.29, 1.82) is 0 Å². The Hall–Kier alpha value is -12.0. The summed E-state index contributed by atoms with van der Waals surface area (Å²) in [5, 5.41) is 4.20. The fraction of sp³-hybridized carbons (Fsp3) is 0.0118. The molecule has 8 heteroatoms. The molecule has 2 aromatic heterocycles. The van der Waals surface area contributed by atoms with Gasteiger partial charge in [0.2, 0.25) is 0 Å². The summed E-state index contributed by atoms with van der Waals surface area (Å²) in [6.45, 7) is 0. The van der Waals surface area contributed by atoms with Gasteiger partial charge in [-0.15, -0.1) is 0 Å². The molecule has 93 heavy (non-hydrogen) atoms. The number of hydrogen-bond acceptors (Lipinski definition) is 2. The first kappa shape index (κ1) is 55.1.